The Morgan fingerprint density at radius 3 is 2.43 bits per heavy atom. The second-order valence-corrected chi connectivity index (χ2v) is 5.44. The lowest BCUT2D eigenvalue weighted by Gasteiger charge is -2.25. The topological polar surface area (TPSA) is 85.4 Å². The number of aliphatic hydroxyl groups excluding tert-OH is 1. The van der Waals surface area contributed by atoms with Crippen LogP contribution in [0.1, 0.15) is 38.1 Å². The summed E-state index contributed by atoms with van der Waals surface area (Å²) < 4.78 is 43.4. The first-order chi connectivity index (χ1) is 9.43. The number of hydrogen-bond donors (Lipinski definition) is 2. The molecule has 3 N–H and O–H groups in total. The molecule has 0 aliphatic rings. The molecular formula is C13H17F3N2O3. The number of pyridine rings is 1. The van der Waals surface area contributed by atoms with Crippen LogP contribution in [0.2, 0.25) is 0 Å². The summed E-state index contributed by atoms with van der Waals surface area (Å²) in [5.41, 5.74) is 2.76. The summed E-state index contributed by atoms with van der Waals surface area (Å²) in [6.45, 7) is 4.73. The van der Waals surface area contributed by atoms with E-state index in [-0.39, 0.29) is 0 Å². The molecule has 8 heteroatoms. The summed E-state index contributed by atoms with van der Waals surface area (Å²) >= 11 is 0. The number of alkyl halides is 3. The molecule has 0 aliphatic heterocycles. The highest BCUT2D eigenvalue weighted by Gasteiger charge is 2.39. The summed E-state index contributed by atoms with van der Waals surface area (Å²) in [5.74, 6) is -1.01. The summed E-state index contributed by atoms with van der Waals surface area (Å²) in [4.78, 5) is 15.2. The smallest absolute Gasteiger partial charge is 0.418 e. The molecule has 1 rings (SSSR count). The van der Waals surface area contributed by atoms with Crippen LogP contribution < -0.4 is 5.73 Å². The number of carbonyl (C=O) groups excluding carboxylic acids is 1. The van der Waals surface area contributed by atoms with E-state index in [1.807, 2.05) is 0 Å². The Bertz CT molecular complexity index is 512. The molecular weight excluding hydrogens is 289 g/mol. The Hall–Kier alpha value is -1.67. The summed E-state index contributed by atoms with van der Waals surface area (Å²) in [7, 11) is 0. The maximum atomic E-state index is 12.8. The number of rotatable bonds is 3. The summed E-state index contributed by atoms with van der Waals surface area (Å²) in [6, 6.07) is 0.172. The van der Waals surface area contributed by atoms with Crippen LogP contribution in [0.5, 0.6) is 0 Å². The van der Waals surface area contributed by atoms with Crippen LogP contribution in [0.15, 0.2) is 18.3 Å². The van der Waals surface area contributed by atoms with Gasteiger partial charge in [-0.05, 0) is 32.9 Å². The predicted molar refractivity (Wildman–Crippen MR) is 68.0 cm³/mol. The molecule has 1 aromatic rings. The van der Waals surface area contributed by atoms with Crippen molar-refractivity contribution in [3.8, 4) is 0 Å². The number of nitrogens with two attached hydrogens (primary N) is 1. The molecule has 0 aliphatic carbocycles. The predicted octanol–water partition coefficient (Wildman–Crippen LogP) is 1.80. The van der Waals surface area contributed by atoms with E-state index < -0.39 is 41.1 Å². The van der Waals surface area contributed by atoms with Crippen LogP contribution in [0, 0.1) is 0 Å². The number of halogens is 3. The van der Waals surface area contributed by atoms with Crippen molar-refractivity contribution in [3.05, 3.63) is 29.6 Å². The van der Waals surface area contributed by atoms with Gasteiger partial charge in [-0.2, -0.15) is 13.2 Å². The second-order valence-electron chi connectivity index (χ2n) is 5.44. The van der Waals surface area contributed by atoms with E-state index in [0.29, 0.717) is 0 Å². The van der Waals surface area contributed by atoms with Crippen LogP contribution in [-0.4, -0.2) is 27.7 Å². The van der Waals surface area contributed by atoms with Gasteiger partial charge in [0.15, 0.2) is 0 Å². The highest BCUT2D eigenvalue weighted by atomic mass is 19.4. The lowest BCUT2D eigenvalue weighted by atomic mass is 10.0. The monoisotopic (exact) mass is 306 g/mol. The van der Waals surface area contributed by atoms with E-state index in [1.54, 1.807) is 20.8 Å². The molecule has 0 fully saturated rings. The van der Waals surface area contributed by atoms with Crippen molar-refractivity contribution in [2.45, 2.75) is 44.7 Å². The van der Waals surface area contributed by atoms with Crippen LogP contribution >= 0.6 is 0 Å². The van der Waals surface area contributed by atoms with Gasteiger partial charge in [0.2, 0.25) is 0 Å². The Labute approximate surface area is 119 Å². The Morgan fingerprint density at radius 2 is 1.95 bits per heavy atom. The third-order valence-corrected chi connectivity index (χ3v) is 2.44. The van der Waals surface area contributed by atoms with Crippen LogP contribution in [0.4, 0.5) is 13.2 Å². The van der Waals surface area contributed by atoms with Gasteiger partial charge in [-0.1, -0.05) is 0 Å². The first kappa shape index (κ1) is 17.4. The molecule has 1 heterocycles. The molecule has 0 saturated carbocycles. The largest absolute Gasteiger partial charge is 0.459 e. The third-order valence-electron chi connectivity index (χ3n) is 2.44. The molecule has 0 bridgehead atoms. The molecule has 118 valence electrons. The highest BCUT2D eigenvalue weighted by molar-refractivity contribution is 5.77. The molecule has 1 aromatic heterocycles. The van der Waals surface area contributed by atoms with Crippen molar-refractivity contribution in [3.63, 3.8) is 0 Å². The van der Waals surface area contributed by atoms with Crippen molar-refractivity contribution < 1.29 is 27.8 Å². The van der Waals surface area contributed by atoms with E-state index in [0.717, 1.165) is 18.3 Å². The number of nitrogens with zero attached hydrogens (tertiary/aromatic N) is 1. The molecule has 0 amide bonds. The molecule has 0 unspecified atom stereocenters. The lowest BCUT2D eigenvalue weighted by molar-refractivity contribution is -0.160. The first-order valence-electron chi connectivity index (χ1n) is 6.12. The Kier molecular flexibility index (Phi) is 4.95. The average molecular weight is 306 g/mol. The first-order valence-corrected chi connectivity index (χ1v) is 6.12. The van der Waals surface area contributed by atoms with Crippen LogP contribution in [-0.2, 0) is 15.7 Å². The average Bonchev–Trinajstić information content (AvgIpc) is 2.34. The fourth-order valence-electron chi connectivity index (χ4n) is 1.56. The van der Waals surface area contributed by atoms with E-state index in [9.17, 15) is 23.1 Å². The molecule has 5 nitrogen and oxygen atoms in total. The van der Waals surface area contributed by atoms with Crippen LogP contribution in [0.3, 0.4) is 0 Å². The van der Waals surface area contributed by atoms with Crippen molar-refractivity contribution in [2.24, 2.45) is 5.73 Å². The lowest BCUT2D eigenvalue weighted by Crippen LogP contribution is -2.42. The highest BCUT2D eigenvalue weighted by Crippen LogP contribution is 2.34. The molecule has 0 radical (unpaired) electrons. The zero-order valence-electron chi connectivity index (χ0n) is 11.8. The fraction of sp³-hybridized carbons (Fsp3) is 0.538. The SMILES string of the molecule is CC(C)(C)OC(=O)[C@H](N)[C@@H](O)c1ncccc1C(F)(F)F. The zero-order chi connectivity index (χ0) is 16.4. The normalized spacial score (nSPS) is 15.4. The molecule has 2 atom stereocenters. The minimum atomic E-state index is -4.71. The summed E-state index contributed by atoms with van der Waals surface area (Å²) in [5, 5.41) is 9.91. The van der Waals surface area contributed by atoms with Crippen molar-refractivity contribution in [1.29, 1.82) is 0 Å². The molecule has 0 saturated heterocycles. The Balaban J connectivity index is 3.04. The van der Waals surface area contributed by atoms with E-state index >= 15 is 0 Å². The number of esters is 1. The second kappa shape index (κ2) is 5.98. The minimum Gasteiger partial charge on any atom is -0.459 e. The number of hydrogen-bond acceptors (Lipinski definition) is 5. The zero-order valence-corrected chi connectivity index (χ0v) is 11.8. The fourth-order valence-corrected chi connectivity index (χ4v) is 1.56. The van der Waals surface area contributed by atoms with Gasteiger partial charge in [0.25, 0.3) is 0 Å². The molecule has 0 aromatic carbocycles. The maximum absolute atomic E-state index is 12.8. The van der Waals surface area contributed by atoms with Gasteiger partial charge in [0.1, 0.15) is 17.7 Å². The quantitative estimate of drug-likeness (QED) is 0.832. The summed E-state index contributed by atoms with van der Waals surface area (Å²) in [6.07, 6.45) is -5.55. The minimum absolute atomic E-state index is 0.705. The van der Waals surface area contributed by atoms with Gasteiger partial charge >= 0.3 is 12.1 Å². The number of aromatic nitrogens is 1. The van der Waals surface area contributed by atoms with Gasteiger partial charge < -0.3 is 15.6 Å². The van der Waals surface area contributed by atoms with Gasteiger partial charge in [0.05, 0.1) is 11.3 Å². The molecule has 0 spiro atoms. The van der Waals surface area contributed by atoms with Crippen molar-refractivity contribution in [2.75, 3.05) is 0 Å². The van der Waals surface area contributed by atoms with Gasteiger partial charge in [0, 0.05) is 6.20 Å². The Morgan fingerprint density at radius 1 is 1.38 bits per heavy atom. The van der Waals surface area contributed by atoms with Crippen molar-refractivity contribution in [1.82, 2.24) is 4.98 Å². The number of aliphatic hydroxyl groups is 1. The van der Waals surface area contributed by atoms with Crippen LogP contribution in [0.25, 0.3) is 0 Å². The third kappa shape index (κ3) is 4.68. The van der Waals surface area contributed by atoms with Gasteiger partial charge in [-0.25, -0.2) is 0 Å². The van der Waals surface area contributed by atoms with E-state index in [1.165, 1.54) is 0 Å². The maximum Gasteiger partial charge on any atom is 0.418 e. The molecule has 21 heavy (non-hydrogen) atoms. The van der Waals surface area contributed by atoms with Crippen molar-refractivity contribution >= 4 is 5.97 Å². The van der Waals surface area contributed by atoms with E-state index in [2.05, 4.69) is 4.98 Å². The van der Waals surface area contributed by atoms with E-state index in [4.69, 9.17) is 10.5 Å². The van der Waals surface area contributed by atoms with Gasteiger partial charge in [-0.15, -0.1) is 0 Å². The van der Waals surface area contributed by atoms with Gasteiger partial charge in [-0.3, -0.25) is 9.78 Å². The standard InChI is InChI=1S/C13H17F3N2O3/c1-12(2,3)21-11(20)8(17)10(19)9-7(13(14,15)16)5-4-6-18-9/h4-6,8,10,19H,17H2,1-3H3/t8-,10-/m1/s1. The number of carbonyl (C=O) groups is 1. The number of ether oxygens (including phenoxy) is 1.